The van der Waals surface area contributed by atoms with Crippen LogP contribution >= 0.6 is 0 Å². The van der Waals surface area contributed by atoms with E-state index in [0.29, 0.717) is 6.04 Å². The van der Waals surface area contributed by atoms with Gasteiger partial charge in [0.1, 0.15) is 6.10 Å². The molecule has 4 nitrogen and oxygen atoms in total. The Labute approximate surface area is 112 Å². The Balaban J connectivity index is 2.80. The first-order valence-corrected chi connectivity index (χ1v) is 6.66. The van der Waals surface area contributed by atoms with Crippen LogP contribution in [0.15, 0.2) is 0 Å². The largest absolute Gasteiger partial charge is 0.379 e. The minimum atomic E-state index is 0.0321. The first-order valence-electron chi connectivity index (χ1n) is 6.66. The molecule has 2 unspecified atom stereocenters. The Hall–Kier alpha value is -0.160. The standard InChI is InChI=1S/C14H29NO3/c1-14(2,3)15(4)10-8-11(16-5)13(18-7)12(9-10)17-6/h10-13H,8-9H2,1-7H3. The van der Waals surface area contributed by atoms with Crippen LogP contribution in [0.3, 0.4) is 0 Å². The molecule has 0 amide bonds. The Morgan fingerprint density at radius 2 is 1.33 bits per heavy atom. The summed E-state index contributed by atoms with van der Waals surface area (Å²) in [6, 6.07) is 0.464. The van der Waals surface area contributed by atoms with Gasteiger partial charge in [0, 0.05) is 32.9 Å². The Morgan fingerprint density at radius 3 is 1.61 bits per heavy atom. The molecule has 0 aromatic rings. The van der Waals surface area contributed by atoms with Gasteiger partial charge in [-0.25, -0.2) is 0 Å². The van der Waals surface area contributed by atoms with Gasteiger partial charge >= 0.3 is 0 Å². The highest BCUT2D eigenvalue weighted by molar-refractivity contribution is 4.94. The van der Waals surface area contributed by atoms with Crippen LogP contribution in [0.1, 0.15) is 33.6 Å². The summed E-state index contributed by atoms with van der Waals surface area (Å²) in [5.74, 6) is 0. The van der Waals surface area contributed by atoms with Gasteiger partial charge in [-0.15, -0.1) is 0 Å². The molecule has 1 fully saturated rings. The first kappa shape index (κ1) is 15.9. The molecule has 0 bridgehead atoms. The fourth-order valence-electron chi connectivity index (χ4n) is 2.77. The van der Waals surface area contributed by atoms with Crippen LogP contribution in [0.4, 0.5) is 0 Å². The van der Waals surface area contributed by atoms with E-state index >= 15 is 0 Å². The lowest BCUT2D eigenvalue weighted by Gasteiger charge is -2.46. The number of methoxy groups -OCH3 is 3. The quantitative estimate of drug-likeness (QED) is 0.772. The van der Waals surface area contributed by atoms with E-state index in [0.717, 1.165) is 12.8 Å². The smallest absolute Gasteiger partial charge is 0.109 e. The SMILES string of the molecule is COC1CC(N(C)C(C)(C)C)CC(OC)C1OC. The second-order valence-corrected chi connectivity index (χ2v) is 6.16. The predicted molar refractivity (Wildman–Crippen MR) is 72.9 cm³/mol. The summed E-state index contributed by atoms with van der Waals surface area (Å²) >= 11 is 0. The number of rotatable bonds is 4. The van der Waals surface area contributed by atoms with Gasteiger partial charge in [-0.05, 0) is 40.7 Å². The molecule has 1 aliphatic rings. The molecule has 0 heterocycles. The lowest BCUT2D eigenvalue weighted by molar-refractivity contribution is -0.148. The fourth-order valence-corrected chi connectivity index (χ4v) is 2.77. The highest BCUT2D eigenvalue weighted by atomic mass is 16.6. The number of ether oxygens (including phenoxy) is 3. The third kappa shape index (κ3) is 3.44. The number of hydrogen-bond acceptors (Lipinski definition) is 4. The summed E-state index contributed by atoms with van der Waals surface area (Å²) in [6.45, 7) is 6.71. The summed E-state index contributed by atoms with van der Waals surface area (Å²) in [7, 11) is 7.42. The van der Waals surface area contributed by atoms with E-state index in [1.54, 1.807) is 21.3 Å². The van der Waals surface area contributed by atoms with Gasteiger partial charge in [-0.2, -0.15) is 0 Å². The minimum Gasteiger partial charge on any atom is -0.379 e. The third-order valence-corrected chi connectivity index (χ3v) is 4.23. The van der Waals surface area contributed by atoms with E-state index in [1.807, 2.05) is 0 Å². The van der Waals surface area contributed by atoms with Crippen molar-refractivity contribution in [1.82, 2.24) is 4.90 Å². The van der Waals surface area contributed by atoms with Crippen molar-refractivity contribution in [3.8, 4) is 0 Å². The monoisotopic (exact) mass is 259 g/mol. The van der Waals surface area contributed by atoms with Gasteiger partial charge in [0.05, 0.1) is 12.2 Å². The molecule has 1 saturated carbocycles. The number of nitrogens with zero attached hydrogens (tertiary/aromatic N) is 1. The molecular formula is C14H29NO3. The average Bonchev–Trinajstić information content (AvgIpc) is 2.34. The Morgan fingerprint density at radius 1 is 0.889 bits per heavy atom. The molecule has 108 valence electrons. The van der Waals surface area contributed by atoms with Gasteiger partial charge < -0.3 is 14.2 Å². The molecule has 2 atom stereocenters. The first-order chi connectivity index (χ1) is 8.35. The lowest BCUT2D eigenvalue weighted by Crippen LogP contribution is -2.56. The normalized spacial score (nSPS) is 34.0. The maximum absolute atomic E-state index is 5.59. The zero-order valence-electron chi connectivity index (χ0n) is 12.9. The maximum atomic E-state index is 5.59. The van der Waals surface area contributed by atoms with E-state index < -0.39 is 0 Å². The van der Waals surface area contributed by atoms with Crippen molar-refractivity contribution < 1.29 is 14.2 Å². The predicted octanol–water partition coefficient (Wildman–Crippen LogP) is 1.92. The zero-order valence-corrected chi connectivity index (χ0v) is 12.9. The van der Waals surface area contributed by atoms with Gasteiger partial charge in [0.2, 0.25) is 0 Å². The van der Waals surface area contributed by atoms with Crippen molar-refractivity contribution in [2.75, 3.05) is 28.4 Å². The van der Waals surface area contributed by atoms with Crippen molar-refractivity contribution in [2.45, 2.75) is 63.5 Å². The van der Waals surface area contributed by atoms with Gasteiger partial charge in [-0.3, -0.25) is 4.90 Å². The highest BCUT2D eigenvalue weighted by Gasteiger charge is 2.41. The van der Waals surface area contributed by atoms with Crippen molar-refractivity contribution in [3.05, 3.63) is 0 Å². The summed E-state index contributed by atoms with van der Waals surface area (Å²) < 4.78 is 16.7. The molecule has 18 heavy (non-hydrogen) atoms. The average molecular weight is 259 g/mol. The third-order valence-electron chi connectivity index (χ3n) is 4.23. The molecule has 0 saturated heterocycles. The van der Waals surface area contributed by atoms with Crippen molar-refractivity contribution in [2.24, 2.45) is 0 Å². The summed E-state index contributed by atoms with van der Waals surface area (Å²) in [5.41, 5.74) is 0.154. The van der Waals surface area contributed by atoms with Gasteiger partial charge in [0.25, 0.3) is 0 Å². The molecule has 0 aromatic heterocycles. The van der Waals surface area contributed by atoms with Crippen LogP contribution in [0, 0.1) is 0 Å². The molecule has 0 N–H and O–H groups in total. The molecule has 0 aromatic carbocycles. The Bertz CT molecular complexity index is 238. The molecule has 4 heteroatoms. The summed E-state index contributed by atoms with van der Waals surface area (Å²) in [5, 5.41) is 0. The zero-order chi connectivity index (χ0) is 13.9. The molecule has 1 rings (SSSR count). The van der Waals surface area contributed by atoms with Crippen LogP contribution in [0.5, 0.6) is 0 Å². The molecule has 0 spiro atoms. The second-order valence-electron chi connectivity index (χ2n) is 6.16. The topological polar surface area (TPSA) is 30.9 Å². The van der Waals surface area contributed by atoms with E-state index in [2.05, 4.69) is 32.7 Å². The lowest BCUT2D eigenvalue weighted by atomic mass is 9.85. The molecule has 0 radical (unpaired) electrons. The van der Waals surface area contributed by atoms with Crippen LogP contribution in [0.2, 0.25) is 0 Å². The van der Waals surface area contributed by atoms with Crippen molar-refractivity contribution in [3.63, 3.8) is 0 Å². The summed E-state index contributed by atoms with van der Waals surface area (Å²) in [6.07, 6.45) is 2.21. The van der Waals surface area contributed by atoms with Crippen LogP contribution in [-0.4, -0.2) is 63.2 Å². The minimum absolute atomic E-state index is 0.0321. The fraction of sp³-hybridized carbons (Fsp3) is 1.00. The summed E-state index contributed by atoms with van der Waals surface area (Å²) in [4.78, 5) is 2.41. The Kier molecular flexibility index (Phi) is 5.59. The van der Waals surface area contributed by atoms with Crippen molar-refractivity contribution in [1.29, 1.82) is 0 Å². The van der Waals surface area contributed by atoms with Crippen LogP contribution < -0.4 is 0 Å². The second kappa shape index (κ2) is 6.33. The maximum Gasteiger partial charge on any atom is 0.109 e. The van der Waals surface area contributed by atoms with Crippen LogP contribution in [0.25, 0.3) is 0 Å². The van der Waals surface area contributed by atoms with E-state index in [-0.39, 0.29) is 23.9 Å². The number of hydrogen-bond donors (Lipinski definition) is 0. The van der Waals surface area contributed by atoms with E-state index in [9.17, 15) is 0 Å². The molecule has 0 aliphatic heterocycles. The molecule has 1 aliphatic carbocycles. The van der Waals surface area contributed by atoms with Gasteiger partial charge in [-0.1, -0.05) is 0 Å². The highest BCUT2D eigenvalue weighted by Crippen LogP contribution is 2.31. The van der Waals surface area contributed by atoms with Crippen molar-refractivity contribution >= 4 is 0 Å². The molecular weight excluding hydrogens is 230 g/mol. The van der Waals surface area contributed by atoms with E-state index in [4.69, 9.17) is 14.2 Å². The van der Waals surface area contributed by atoms with Gasteiger partial charge in [0.15, 0.2) is 0 Å². The van der Waals surface area contributed by atoms with Crippen LogP contribution in [-0.2, 0) is 14.2 Å². The van der Waals surface area contributed by atoms with E-state index in [1.165, 1.54) is 0 Å².